The summed E-state index contributed by atoms with van der Waals surface area (Å²) in [6.45, 7) is 0.401. The van der Waals surface area contributed by atoms with Crippen molar-refractivity contribution in [3.05, 3.63) is 18.1 Å². The fourth-order valence-corrected chi connectivity index (χ4v) is 2.98. The van der Waals surface area contributed by atoms with Crippen LogP contribution in [-0.4, -0.2) is 30.2 Å². The van der Waals surface area contributed by atoms with Gasteiger partial charge in [0, 0.05) is 6.54 Å². The lowest BCUT2D eigenvalue weighted by atomic mass is 10.3. The van der Waals surface area contributed by atoms with E-state index in [1.54, 1.807) is 12.4 Å². The highest BCUT2D eigenvalue weighted by molar-refractivity contribution is 7.99. The molecule has 0 atom stereocenters. The Morgan fingerprint density at radius 3 is 2.79 bits per heavy atom. The van der Waals surface area contributed by atoms with E-state index >= 15 is 0 Å². The van der Waals surface area contributed by atoms with Crippen molar-refractivity contribution in [2.24, 2.45) is 5.73 Å². The van der Waals surface area contributed by atoms with E-state index in [0.717, 1.165) is 28.7 Å². The van der Waals surface area contributed by atoms with Crippen LogP contribution in [0.3, 0.4) is 0 Å². The third-order valence-corrected chi connectivity index (χ3v) is 4.09. The summed E-state index contributed by atoms with van der Waals surface area (Å²) in [6.07, 6.45) is 8.19. The van der Waals surface area contributed by atoms with E-state index in [2.05, 4.69) is 25.5 Å². The molecule has 2 N–H and O–H groups in total. The van der Waals surface area contributed by atoms with Gasteiger partial charge in [-0.3, -0.25) is 4.98 Å². The van der Waals surface area contributed by atoms with Crippen molar-refractivity contribution < 1.29 is 0 Å². The van der Waals surface area contributed by atoms with E-state index in [-0.39, 0.29) is 0 Å². The highest BCUT2D eigenvalue weighted by Crippen LogP contribution is 2.32. The molecule has 7 nitrogen and oxygen atoms in total. The van der Waals surface area contributed by atoms with Gasteiger partial charge in [-0.1, -0.05) is 12.8 Å². The lowest BCUT2D eigenvalue weighted by Crippen LogP contribution is -2.08. The smallest absolute Gasteiger partial charge is 0.215 e. The number of nitrogens with zero attached hydrogens (tertiary/aromatic N) is 6. The summed E-state index contributed by atoms with van der Waals surface area (Å²) >= 11 is 1.44. The minimum absolute atomic E-state index is 0.401. The second-order valence-electron chi connectivity index (χ2n) is 4.50. The quantitative estimate of drug-likeness (QED) is 0.896. The average Bonchev–Trinajstić information content (AvgIpc) is 3.10. The van der Waals surface area contributed by atoms with Gasteiger partial charge >= 0.3 is 0 Å². The molecule has 0 unspecified atom stereocenters. The van der Waals surface area contributed by atoms with Crippen LogP contribution in [0.4, 0.5) is 0 Å². The number of nitrogens with two attached hydrogens (primary N) is 1. The van der Waals surface area contributed by atoms with E-state index in [9.17, 15) is 0 Å². The summed E-state index contributed by atoms with van der Waals surface area (Å²) in [5.41, 5.74) is 6.27. The molecule has 8 heteroatoms. The van der Waals surface area contributed by atoms with Crippen molar-refractivity contribution in [1.82, 2.24) is 30.2 Å². The molecule has 2 aromatic rings. The SMILES string of the molecule is NCc1cnc(Sc2nnnn2C2CCCC2)cn1. The minimum Gasteiger partial charge on any atom is -0.325 e. The molecule has 3 rings (SSSR count). The third kappa shape index (κ3) is 2.74. The van der Waals surface area contributed by atoms with Crippen LogP contribution in [0, 0.1) is 0 Å². The first-order valence-electron chi connectivity index (χ1n) is 6.33. The standard InChI is InChI=1S/C11H15N7S/c12-5-8-6-14-10(7-13-8)19-11-15-16-17-18(11)9-3-1-2-4-9/h6-7,9H,1-5,12H2. The van der Waals surface area contributed by atoms with Crippen molar-refractivity contribution >= 4 is 11.8 Å². The molecular formula is C11H15N7S. The number of hydrogen-bond donors (Lipinski definition) is 1. The van der Waals surface area contributed by atoms with Crippen LogP contribution in [0.5, 0.6) is 0 Å². The maximum atomic E-state index is 5.50. The highest BCUT2D eigenvalue weighted by Gasteiger charge is 2.22. The van der Waals surface area contributed by atoms with Crippen LogP contribution in [0.25, 0.3) is 0 Å². The molecular weight excluding hydrogens is 262 g/mol. The Morgan fingerprint density at radius 2 is 2.11 bits per heavy atom. The molecule has 1 aliphatic rings. The van der Waals surface area contributed by atoms with Crippen molar-refractivity contribution in [2.45, 2.75) is 48.5 Å². The molecule has 1 aliphatic carbocycles. The first kappa shape index (κ1) is 12.5. The normalized spacial score (nSPS) is 16.1. The second kappa shape index (κ2) is 5.62. The van der Waals surface area contributed by atoms with Crippen LogP contribution in [0.15, 0.2) is 22.6 Å². The Kier molecular flexibility index (Phi) is 3.69. The highest BCUT2D eigenvalue weighted by atomic mass is 32.2. The molecule has 2 heterocycles. The Labute approximate surface area is 115 Å². The van der Waals surface area contributed by atoms with Crippen LogP contribution in [-0.2, 0) is 6.54 Å². The van der Waals surface area contributed by atoms with Gasteiger partial charge < -0.3 is 5.73 Å². The van der Waals surface area contributed by atoms with E-state index < -0.39 is 0 Å². The van der Waals surface area contributed by atoms with E-state index in [1.807, 2.05) is 4.68 Å². The van der Waals surface area contributed by atoms with Crippen LogP contribution in [0.2, 0.25) is 0 Å². The van der Waals surface area contributed by atoms with Gasteiger partial charge in [0.2, 0.25) is 5.16 Å². The monoisotopic (exact) mass is 277 g/mol. The number of aromatic nitrogens is 6. The van der Waals surface area contributed by atoms with Gasteiger partial charge in [-0.15, -0.1) is 5.10 Å². The van der Waals surface area contributed by atoms with Gasteiger partial charge in [0.25, 0.3) is 0 Å². The maximum absolute atomic E-state index is 5.50. The van der Waals surface area contributed by atoms with Gasteiger partial charge in [0.1, 0.15) is 5.03 Å². The summed E-state index contributed by atoms with van der Waals surface area (Å²) in [7, 11) is 0. The van der Waals surface area contributed by atoms with Crippen molar-refractivity contribution in [2.75, 3.05) is 0 Å². The maximum Gasteiger partial charge on any atom is 0.215 e. The Morgan fingerprint density at radius 1 is 1.26 bits per heavy atom. The van der Waals surface area contributed by atoms with E-state index in [0.29, 0.717) is 12.6 Å². The van der Waals surface area contributed by atoms with E-state index in [1.165, 1.54) is 24.6 Å². The Bertz CT molecular complexity index is 532. The molecule has 0 bridgehead atoms. The summed E-state index contributed by atoms with van der Waals surface area (Å²) in [4.78, 5) is 8.52. The van der Waals surface area contributed by atoms with Gasteiger partial charge in [0.05, 0.1) is 24.1 Å². The molecule has 0 saturated heterocycles. The fraction of sp³-hybridized carbons (Fsp3) is 0.545. The molecule has 0 radical (unpaired) electrons. The zero-order valence-electron chi connectivity index (χ0n) is 10.4. The number of hydrogen-bond acceptors (Lipinski definition) is 7. The van der Waals surface area contributed by atoms with Gasteiger partial charge in [-0.2, -0.15) is 0 Å². The first-order valence-corrected chi connectivity index (χ1v) is 7.15. The molecule has 0 spiro atoms. The molecule has 19 heavy (non-hydrogen) atoms. The molecule has 0 aliphatic heterocycles. The molecule has 100 valence electrons. The van der Waals surface area contributed by atoms with Crippen LogP contribution in [0.1, 0.15) is 37.4 Å². The van der Waals surface area contributed by atoms with Crippen molar-refractivity contribution in [3.8, 4) is 0 Å². The van der Waals surface area contributed by atoms with Crippen molar-refractivity contribution in [3.63, 3.8) is 0 Å². The second-order valence-corrected chi connectivity index (χ2v) is 5.48. The van der Waals surface area contributed by atoms with Gasteiger partial charge in [-0.05, 0) is 35.0 Å². The van der Waals surface area contributed by atoms with E-state index in [4.69, 9.17) is 5.73 Å². The molecule has 0 amide bonds. The molecule has 0 aromatic carbocycles. The lowest BCUT2D eigenvalue weighted by molar-refractivity contribution is 0.423. The fourth-order valence-electron chi connectivity index (χ4n) is 2.23. The van der Waals surface area contributed by atoms with Gasteiger partial charge in [-0.25, -0.2) is 9.67 Å². The van der Waals surface area contributed by atoms with Crippen LogP contribution >= 0.6 is 11.8 Å². The molecule has 1 fully saturated rings. The molecule has 1 saturated carbocycles. The third-order valence-electron chi connectivity index (χ3n) is 3.22. The minimum atomic E-state index is 0.401. The Balaban J connectivity index is 1.77. The van der Waals surface area contributed by atoms with Gasteiger partial charge in [0.15, 0.2) is 0 Å². The summed E-state index contributed by atoms with van der Waals surface area (Å²) in [6, 6.07) is 0.425. The zero-order valence-corrected chi connectivity index (χ0v) is 11.3. The predicted octanol–water partition coefficient (Wildman–Crippen LogP) is 1.19. The number of rotatable bonds is 4. The topological polar surface area (TPSA) is 95.4 Å². The molecule has 2 aromatic heterocycles. The lowest BCUT2D eigenvalue weighted by Gasteiger charge is -2.10. The largest absolute Gasteiger partial charge is 0.325 e. The average molecular weight is 277 g/mol. The summed E-state index contributed by atoms with van der Waals surface area (Å²) < 4.78 is 1.91. The summed E-state index contributed by atoms with van der Waals surface area (Å²) in [5.74, 6) is 0. The number of tetrazole rings is 1. The predicted molar refractivity (Wildman–Crippen MR) is 69.4 cm³/mol. The zero-order chi connectivity index (χ0) is 13.1. The van der Waals surface area contributed by atoms with Crippen LogP contribution < -0.4 is 5.73 Å². The first-order chi connectivity index (χ1) is 9.36. The Hall–Kier alpha value is -1.54. The van der Waals surface area contributed by atoms with Crippen molar-refractivity contribution in [1.29, 1.82) is 0 Å². The summed E-state index contributed by atoms with van der Waals surface area (Å²) in [5, 5.41) is 13.5.